The van der Waals surface area contributed by atoms with Crippen molar-refractivity contribution in [3.8, 4) is 5.69 Å². The van der Waals surface area contributed by atoms with Crippen molar-refractivity contribution in [3.05, 3.63) is 73.7 Å². The number of nitrogens with one attached hydrogen (secondary N) is 1. The quantitative estimate of drug-likeness (QED) is 0.570. The summed E-state index contributed by atoms with van der Waals surface area (Å²) >= 11 is 9.16. The fourth-order valence-electron chi connectivity index (χ4n) is 2.50. The largest absolute Gasteiger partial charge is 0.355 e. The van der Waals surface area contributed by atoms with Crippen LogP contribution in [0, 0.1) is 6.92 Å². The number of thioether (sulfide) groups is 1. The molecule has 1 aromatic carbocycles. The van der Waals surface area contributed by atoms with Gasteiger partial charge in [-0.1, -0.05) is 35.5 Å². The summed E-state index contributed by atoms with van der Waals surface area (Å²) in [5.74, 6) is -0.0560. The van der Waals surface area contributed by atoms with Gasteiger partial charge in [0.15, 0.2) is 0 Å². The minimum absolute atomic E-state index is 0.0560. The van der Waals surface area contributed by atoms with E-state index in [0.717, 1.165) is 12.0 Å². The lowest BCUT2D eigenvalue weighted by atomic mass is 10.2. The number of benzene rings is 1. The molecule has 0 aliphatic carbocycles. The molecule has 1 unspecified atom stereocenters. The van der Waals surface area contributed by atoms with Crippen LogP contribution in [0.1, 0.15) is 17.4 Å². The normalized spacial score (nSPS) is 12.0. The van der Waals surface area contributed by atoms with Crippen molar-refractivity contribution in [1.29, 1.82) is 0 Å². The summed E-state index contributed by atoms with van der Waals surface area (Å²) in [6.45, 7) is 4.32. The van der Waals surface area contributed by atoms with Gasteiger partial charge in [-0.2, -0.15) is 9.78 Å². The van der Waals surface area contributed by atoms with E-state index in [1.54, 1.807) is 29.5 Å². The molecule has 1 atom stereocenters. The molecule has 0 bridgehead atoms. The van der Waals surface area contributed by atoms with Gasteiger partial charge in [0.1, 0.15) is 5.03 Å². The molecule has 5 nitrogen and oxygen atoms in total. The lowest BCUT2D eigenvalue weighted by Gasteiger charge is -2.12. The molecular formula is C20H20ClN3O2S2. The molecule has 0 aliphatic heterocycles. The Morgan fingerprint density at radius 2 is 2.14 bits per heavy atom. The second kappa shape index (κ2) is 9.41. The van der Waals surface area contributed by atoms with E-state index >= 15 is 0 Å². The second-order valence-corrected chi connectivity index (χ2v) is 9.04. The SMILES string of the molecule is Cc1ccc(-n2nc(SC(C)C(=O)NCCc3cccs3)ccc2=O)cc1Cl. The molecule has 1 amide bonds. The summed E-state index contributed by atoms with van der Waals surface area (Å²) in [6.07, 6.45) is 0.818. The summed E-state index contributed by atoms with van der Waals surface area (Å²) in [7, 11) is 0. The molecule has 0 aliphatic rings. The Kier molecular flexibility index (Phi) is 6.93. The molecular weight excluding hydrogens is 414 g/mol. The van der Waals surface area contributed by atoms with Gasteiger partial charge < -0.3 is 5.32 Å². The number of amides is 1. The molecule has 0 saturated carbocycles. The standard InChI is InChI=1S/C20H20ClN3O2S2/c1-13-5-6-15(12-17(13)21)24-19(25)8-7-18(23-24)28-14(2)20(26)22-10-9-16-4-3-11-27-16/h3-8,11-12,14H,9-10H2,1-2H3,(H,22,26). The Bertz CT molecular complexity index is 1020. The van der Waals surface area contributed by atoms with E-state index in [-0.39, 0.29) is 16.7 Å². The number of carbonyl (C=O) groups is 1. The number of hydrogen-bond acceptors (Lipinski definition) is 5. The van der Waals surface area contributed by atoms with Crippen molar-refractivity contribution < 1.29 is 4.79 Å². The third-order valence-electron chi connectivity index (χ3n) is 4.09. The first-order chi connectivity index (χ1) is 13.4. The van der Waals surface area contributed by atoms with Crippen LogP contribution in [0.4, 0.5) is 0 Å². The minimum atomic E-state index is -0.330. The van der Waals surface area contributed by atoms with Crippen LogP contribution in [0.25, 0.3) is 5.69 Å². The lowest BCUT2D eigenvalue weighted by molar-refractivity contribution is -0.120. The molecule has 2 heterocycles. The molecule has 0 saturated heterocycles. The third-order valence-corrected chi connectivity index (χ3v) is 6.46. The molecule has 0 radical (unpaired) electrons. The Balaban J connectivity index is 1.65. The van der Waals surface area contributed by atoms with Crippen molar-refractivity contribution in [1.82, 2.24) is 15.1 Å². The molecule has 8 heteroatoms. The van der Waals surface area contributed by atoms with E-state index in [0.29, 0.717) is 22.3 Å². The van der Waals surface area contributed by atoms with Gasteiger partial charge in [0.05, 0.1) is 10.9 Å². The van der Waals surface area contributed by atoms with Crippen LogP contribution in [0.5, 0.6) is 0 Å². The van der Waals surface area contributed by atoms with Crippen molar-refractivity contribution >= 4 is 40.6 Å². The highest BCUT2D eigenvalue weighted by molar-refractivity contribution is 8.00. The second-order valence-electron chi connectivity index (χ2n) is 6.24. The van der Waals surface area contributed by atoms with Gasteiger partial charge in [0, 0.05) is 22.5 Å². The summed E-state index contributed by atoms with van der Waals surface area (Å²) in [5, 5.41) is 10.2. The van der Waals surface area contributed by atoms with Crippen LogP contribution in [0.15, 0.2) is 57.7 Å². The molecule has 0 fully saturated rings. The fourth-order valence-corrected chi connectivity index (χ4v) is 4.21. The van der Waals surface area contributed by atoms with Crippen molar-refractivity contribution in [3.63, 3.8) is 0 Å². The van der Waals surface area contributed by atoms with Gasteiger partial charge in [-0.05, 0) is 55.5 Å². The smallest absolute Gasteiger partial charge is 0.271 e. The number of aromatic nitrogens is 2. The Morgan fingerprint density at radius 3 is 2.86 bits per heavy atom. The summed E-state index contributed by atoms with van der Waals surface area (Å²) < 4.78 is 1.30. The predicted octanol–water partition coefficient (Wildman–Crippen LogP) is 4.10. The van der Waals surface area contributed by atoms with Crippen molar-refractivity contribution in [2.24, 2.45) is 0 Å². The van der Waals surface area contributed by atoms with E-state index in [4.69, 9.17) is 11.6 Å². The summed E-state index contributed by atoms with van der Waals surface area (Å²) in [6, 6.07) is 12.5. The maximum atomic E-state index is 12.3. The van der Waals surface area contributed by atoms with Crippen LogP contribution in [-0.2, 0) is 11.2 Å². The zero-order valence-corrected chi connectivity index (χ0v) is 17.9. The highest BCUT2D eigenvalue weighted by Gasteiger charge is 2.16. The molecule has 0 spiro atoms. The van der Waals surface area contributed by atoms with Gasteiger partial charge in [-0.25, -0.2) is 0 Å². The third kappa shape index (κ3) is 5.25. The van der Waals surface area contributed by atoms with E-state index in [2.05, 4.69) is 16.5 Å². The monoisotopic (exact) mass is 433 g/mol. The van der Waals surface area contributed by atoms with E-state index in [9.17, 15) is 9.59 Å². The highest BCUT2D eigenvalue weighted by Crippen LogP contribution is 2.22. The first-order valence-corrected chi connectivity index (χ1v) is 10.9. The topological polar surface area (TPSA) is 64.0 Å². The average molecular weight is 434 g/mol. The van der Waals surface area contributed by atoms with Gasteiger partial charge in [0.25, 0.3) is 5.56 Å². The van der Waals surface area contributed by atoms with E-state index < -0.39 is 0 Å². The van der Waals surface area contributed by atoms with E-state index in [1.165, 1.54) is 27.4 Å². The molecule has 1 N–H and O–H groups in total. The lowest BCUT2D eigenvalue weighted by Crippen LogP contribution is -2.32. The zero-order valence-electron chi connectivity index (χ0n) is 15.5. The molecule has 3 rings (SSSR count). The van der Waals surface area contributed by atoms with Gasteiger partial charge in [-0.15, -0.1) is 11.3 Å². The molecule has 3 aromatic rings. The predicted molar refractivity (Wildman–Crippen MR) is 116 cm³/mol. The zero-order chi connectivity index (χ0) is 20.1. The van der Waals surface area contributed by atoms with Gasteiger partial charge in [-0.3, -0.25) is 9.59 Å². The number of rotatable bonds is 7. The number of nitrogens with zero attached hydrogens (tertiary/aromatic N) is 2. The van der Waals surface area contributed by atoms with Crippen LogP contribution in [0.2, 0.25) is 5.02 Å². The van der Waals surface area contributed by atoms with E-state index in [1.807, 2.05) is 31.4 Å². The Labute approximate surface area is 176 Å². The van der Waals surface area contributed by atoms with Crippen LogP contribution < -0.4 is 10.9 Å². The number of aryl methyl sites for hydroxylation is 1. The minimum Gasteiger partial charge on any atom is -0.355 e. The van der Waals surface area contributed by atoms with Gasteiger partial charge >= 0.3 is 0 Å². The number of thiophene rings is 1. The van der Waals surface area contributed by atoms with Crippen LogP contribution in [0.3, 0.4) is 0 Å². The number of carbonyl (C=O) groups excluding carboxylic acids is 1. The summed E-state index contributed by atoms with van der Waals surface area (Å²) in [5.41, 5.74) is 1.27. The molecule has 28 heavy (non-hydrogen) atoms. The van der Waals surface area contributed by atoms with Crippen LogP contribution in [-0.4, -0.2) is 27.5 Å². The van der Waals surface area contributed by atoms with Crippen molar-refractivity contribution in [2.45, 2.75) is 30.5 Å². The first-order valence-electron chi connectivity index (χ1n) is 8.77. The number of hydrogen-bond donors (Lipinski definition) is 1. The van der Waals surface area contributed by atoms with Crippen molar-refractivity contribution in [2.75, 3.05) is 6.54 Å². The highest BCUT2D eigenvalue weighted by atomic mass is 35.5. The first kappa shape index (κ1) is 20.6. The Morgan fingerprint density at radius 1 is 1.32 bits per heavy atom. The van der Waals surface area contributed by atoms with Gasteiger partial charge in [0.2, 0.25) is 5.91 Å². The maximum absolute atomic E-state index is 12.3. The Hall–Kier alpha value is -2.09. The number of halogens is 1. The van der Waals surface area contributed by atoms with Crippen LogP contribution >= 0.6 is 34.7 Å². The summed E-state index contributed by atoms with van der Waals surface area (Å²) in [4.78, 5) is 25.8. The molecule has 146 valence electrons. The maximum Gasteiger partial charge on any atom is 0.271 e. The molecule has 2 aromatic heterocycles. The fraction of sp³-hybridized carbons (Fsp3) is 0.250. The average Bonchev–Trinajstić information content (AvgIpc) is 3.19.